The second-order valence-electron chi connectivity index (χ2n) is 10.5. The first-order chi connectivity index (χ1) is 21.3. The summed E-state index contributed by atoms with van der Waals surface area (Å²) in [5, 5.41) is 2.48. The molecule has 0 N–H and O–H groups in total. The predicted molar refractivity (Wildman–Crippen MR) is 171 cm³/mol. The highest BCUT2D eigenvalue weighted by atomic mass is 19.5. The van der Waals surface area contributed by atoms with E-state index < -0.39 is 7.25 Å². The highest BCUT2D eigenvalue weighted by molar-refractivity contribution is 6.50. The molecule has 218 valence electrons. The van der Waals surface area contributed by atoms with E-state index in [-0.39, 0.29) is 0 Å². The van der Waals surface area contributed by atoms with E-state index in [1.165, 1.54) is 50.3 Å². The highest BCUT2D eigenvalue weighted by Gasteiger charge is 2.46. The average Bonchev–Trinajstić information content (AvgIpc) is 3.86. The summed E-state index contributed by atoms with van der Waals surface area (Å²) in [4.78, 5) is 0. The van der Waals surface area contributed by atoms with E-state index >= 15 is 0 Å². The Labute approximate surface area is 254 Å². The van der Waals surface area contributed by atoms with E-state index in [9.17, 15) is 17.3 Å². The summed E-state index contributed by atoms with van der Waals surface area (Å²) in [6.45, 7) is 0.972. The molecule has 1 aliphatic heterocycles. The maximum Gasteiger partial charge on any atom is 0.673 e. The summed E-state index contributed by atoms with van der Waals surface area (Å²) in [6, 6.07) is 56.9. The van der Waals surface area contributed by atoms with Crippen molar-refractivity contribution in [2.45, 2.75) is 6.04 Å². The Morgan fingerprint density at radius 2 is 0.795 bits per heavy atom. The summed E-state index contributed by atoms with van der Waals surface area (Å²) < 4.78 is 41.4. The summed E-state index contributed by atoms with van der Waals surface area (Å²) in [5.41, 5.74) is 11.1. The second kappa shape index (κ2) is 12.6. The molecule has 5 aromatic carbocycles. The van der Waals surface area contributed by atoms with E-state index in [1.807, 2.05) is 0 Å². The Kier molecular flexibility index (Phi) is 8.28. The molecular formula is C37H29BF4N2. The van der Waals surface area contributed by atoms with Crippen LogP contribution in [0.15, 0.2) is 158 Å². The maximum absolute atomic E-state index is 9.75. The van der Waals surface area contributed by atoms with Gasteiger partial charge in [0, 0.05) is 23.3 Å². The molecule has 0 bridgehead atoms. The van der Waals surface area contributed by atoms with Crippen molar-refractivity contribution in [1.29, 1.82) is 0 Å². The van der Waals surface area contributed by atoms with Crippen LogP contribution in [0.25, 0.3) is 44.8 Å². The zero-order chi connectivity index (χ0) is 30.5. The fourth-order valence-corrected chi connectivity index (χ4v) is 5.45. The molecule has 1 aromatic heterocycles. The largest absolute Gasteiger partial charge is 0.673 e. The van der Waals surface area contributed by atoms with Crippen LogP contribution in [-0.2, 0) is 0 Å². The molecule has 1 unspecified atom stereocenters. The number of halogens is 4. The van der Waals surface area contributed by atoms with E-state index in [4.69, 9.17) is 0 Å². The SMILES string of the molecule is F[B-](F)(F)F.c1ccc(-c2ccc(C3CN3[n+]3c(-c4ccccc4)cc(-c4ccccc4)cc3-c3ccccc3)cc2)cc1. The number of nitrogens with zero attached hydrogens (tertiary/aromatic N) is 2. The van der Waals surface area contributed by atoms with Gasteiger partial charge in [-0.25, -0.2) is 0 Å². The number of rotatable bonds is 6. The second-order valence-corrected chi connectivity index (χ2v) is 10.5. The lowest BCUT2D eigenvalue weighted by Crippen LogP contribution is -2.49. The van der Waals surface area contributed by atoms with Gasteiger partial charge in [-0.15, -0.1) is 0 Å². The molecule has 0 radical (unpaired) electrons. The van der Waals surface area contributed by atoms with Crippen LogP contribution < -0.4 is 9.69 Å². The number of hydrogen-bond acceptors (Lipinski definition) is 1. The van der Waals surface area contributed by atoms with Crippen LogP contribution in [0.1, 0.15) is 11.6 Å². The third-order valence-corrected chi connectivity index (χ3v) is 7.53. The third kappa shape index (κ3) is 6.89. The van der Waals surface area contributed by atoms with Crippen LogP contribution in [0, 0.1) is 0 Å². The smallest absolute Gasteiger partial charge is 0.418 e. The molecule has 6 aromatic rings. The van der Waals surface area contributed by atoms with Crippen molar-refractivity contribution in [1.82, 2.24) is 0 Å². The van der Waals surface area contributed by atoms with Crippen LogP contribution in [0.2, 0.25) is 0 Å². The first kappa shape index (κ1) is 28.9. The van der Waals surface area contributed by atoms with E-state index in [0.717, 1.165) is 6.54 Å². The van der Waals surface area contributed by atoms with Gasteiger partial charge in [0.2, 0.25) is 11.4 Å². The van der Waals surface area contributed by atoms with Crippen molar-refractivity contribution in [3.05, 3.63) is 163 Å². The molecule has 2 nitrogen and oxygen atoms in total. The van der Waals surface area contributed by atoms with Crippen molar-refractivity contribution in [2.75, 3.05) is 11.6 Å². The van der Waals surface area contributed by atoms with Crippen molar-refractivity contribution in [3.8, 4) is 44.8 Å². The number of hydrogen-bond donors (Lipinski definition) is 0. The molecule has 1 atom stereocenters. The zero-order valence-corrected chi connectivity index (χ0v) is 23.8. The summed E-state index contributed by atoms with van der Waals surface area (Å²) in [5.74, 6) is 0. The molecule has 0 saturated carbocycles. The zero-order valence-electron chi connectivity index (χ0n) is 23.8. The Balaban J connectivity index is 0.000000637. The van der Waals surface area contributed by atoms with Crippen LogP contribution >= 0.6 is 0 Å². The first-order valence-electron chi connectivity index (χ1n) is 14.4. The molecule has 1 aliphatic rings. The minimum atomic E-state index is -6.00. The van der Waals surface area contributed by atoms with Crippen LogP contribution in [0.5, 0.6) is 0 Å². The van der Waals surface area contributed by atoms with Gasteiger partial charge in [-0.3, -0.25) is 0 Å². The van der Waals surface area contributed by atoms with Crippen molar-refractivity contribution in [2.24, 2.45) is 0 Å². The Morgan fingerprint density at radius 3 is 1.20 bits per heavy atom. The Morgan fingerprint density at radius 1 is 0.455 bits per heavy atom. The Bertz CT molecular complexity index is 1750. The molecule has 7 rings (SSSR count). The minimum Gasteiger partial charge on any atom is -0.418 e. The van der Waals surface area contributed by atoms with E-state index in [1.54, 1.807) is 0 Å². The monoisotopic (exact) mass is 588 g/mol. The van der Waals surface area contributed by atoms with E-state index in [2.05, 4.69) is 167 Å². The average molecular weight is 588 g/mol. The molecule has 0 spiro atoms. The molecule has 0 aliphatic carbocycles. The molecule has 1 saturated heterocycles. The van der Waals surface area contributed by atoms with Gasteiger partial charge in [-0.1, -0.05) is 126 Å². The van der Waals surface area contributed by atoms with Crippen LogP contribution in [0.3, 0.4) is 0 Å². The predicted octanol–water partition coefficient (Wildman–Crippen LogP) is 9.63. The quantitative estimate of drug-likeness (QED) is 0.0814. The van der Waals surface area contributed by atoms with Crippen LogP contribution in [0.4, 0.5) is 17.3 Å². The fourth-order valence-electron chi connectivity index (χ4n) is 5.45. The number of aromatic nitrogens is 1. The minimum absolute atomic E-state index is 0.326. The molecule has 1 fully saturated rings. The van der Waals surface area contributed by atoms with Crippen molar-refractivity contribution < 1.29 is 21.9 Å². The molecule has 44 heavy (non-hydrogen) atoms. The number of pyridine rings is 1. The summed E-state index contributed by atoms with van der Waals surface area (Å²) in [6.07, 6.45) is 0. The fraction of sp³-hybridized carbons (Fsp3) is 0.0541. The first-order valence-corrected chi connectivity index (χ1v) is 14.4. The molecular weight excluding hydrogens is 559 g/mol. The molecule has 2 heterocycles. The lowest BCUT2D eigenvalue weighted by molar-refractivity contribution is -0.655. The van der Waals surface area contributed by atoms with Gasteiger partial charge in [0.15, 0.2) is 0 Å². The van der Waals surface area contributed by atoms with Gasteiger partial charge >= 0.3 is 7.25 Å². The van der Waals surface area contributed by atoms with Crippen LogP contribution in [-0.4, -0.2) is 13.8 Å². The standard InChI is InChI=1S/C37H29N2.BF4/c1-5-13-28(14-6-1)30-21-23-33(24-22-30)37-27-38(37)39-35(31-17-9-3-10-18-31)25-34(29-15-7-2-8-16-29)26-36(39)32-19-11-4-12-20-32;2-1(3,4)5/h1-26,37H,27H2;/q+1;-1. The molecule has 0 amide bonds. The van der Waals surface area contributed by atoms with Gasteiger partial charge in [0.05, 0.1) is 0 Å². The van der Waals surface area contributed by atoms with Gasteiger partial charge in [0.25, 0.3) is 0 Å². The van der Waals surface area contributed by atoms with E-state index in [0.29, 0.717) is 6.04 Å². The maximum atomic E-state index is 9.75. The van der Waals surface area contributed by atoms with Gasteiger partial charge in [-0.05, 0) is 52.1 Å². The lowest BCUT2D eigenvalue weighted by atomic mass is 9.99. The summed E-state index contributed by atoms with van der Waals surface area (Å²) >= 11 is 0. The summed E-state index contributed by atoms with van der Waals surface area (Å²) in [7, 11) is -6.00. The van der Waals surface area contributed by atoms with Crippen molar-refractivity contribution in [3.63, 3.8) is 0 Å². The highest BCUT2D eigenvalue weighted by Crippen LogP contribution is 2.36. The lowest BCUT2D eigenvalue weighted by Gasteiger charge is -2.13. The third-order valence-electron chi connectivity index (χ3n) is 7.53. The number of benzene rings is 5. The van der Waals surface area contributed by atoms with Crippen molar-refractivity contribution >= 4 is 7.25 Å². The van der Waals surface area contributed by atoms with Gasteiger partial charge in [0.1, 0.15) is 12.6 Å². The van der Waals surface area contributed by atoms with Gasteiger partial charge < -0.3 is 17.3 Å². The van der Waals surface area contributed by atoms with Gasteiger partial charge in [-0.2, -0.15) is 5.01 Å². The normalized spacial score (nSPS) is 14.0. The Hall–Kier alpha value is -5.17. The topological polar surface area (TPSA) is 6.89 Å². The molecule has 7 heteroatoms.